The fourth-order valence-electron chi connectivity index (χ4n) is 10.7. The molecule has 2 N–H and O–H groups in total. The van der Waals surface area contributed by atoms with Gasteiger partial charge in [-0.15, -0.1) is 0 Å². The van der Waals surface area contributed by atoms with Crippen molar-refractivity contribution in [2.75, 3.05) is 20.2 Å². The summed E-state index contributed by atoms with van der Waals surface area (Å²) in [5.74, 6) is 2.69. The van der Waals surface area contributed by atoms with E-state index in [1.807, 2.05) is 12.1 Å². The van der Waals surface area contributed by atoms with Crippen LogP contribution in [0.1, 0.15) is 95.6 Å². The molecule has 7 aliphatic rings. The van der Waals surface area contributed by atoms with Gasteiger partial charge in [-0.3, -0.25) is 4.79 Å². The number of benzene rings is 1. The number of methoxy groups -OCH3 is 1. The largest absolute Gasteiger partial charge is 0.493 e. The van der Waals surface area contributed by atoms with Crippen LogP contribution in [-0.4, -0.2) is 53.9 Å². The maximum Gasteiger partial charge on any atom is 0.222 e. The molecule has 0 radical (unpaired) electrons. The van der Waals surface area contributed by atoms with Crippen LogP contribution >= 0.6 is 0 Å². The summed E-state index contributed by atoms with van der Waals surface area (Å²) in [6, 6.07) is 4.07. The number of hydrogen-bond donors (Lipinski definition) is 2. The second-order valence-corrected chi connectivity index (χ2v) is 14.8. The van der Waals surface area contributed by atoms with Gasteiger partial charge in [-0.2, -0.15) is 0 Å². The van der Waals surface area contributed by atoms with Gasteiger partial charge < -0.3 is 24.8 Å². The summed E-state index contributed by atoms with van der Waals surface area (Å²) < 4.78 is 12.1. The van der Waals surface area contributed by atoms with Crippen molar-refractivity contribution in [3.63, 3.8) is 0 Å². The van der Waals surface area contributed by atoms with Crippen LogP contribution in [0.3, 0.4) is 0 Å². The van der Waals surface area contributed by atoms with Crippen molar-refractivity contribution < 1.29 is 19.4 Å². The van der Waals surface area contributed by atoms with Gasteiger partial charge >= 0.3 is 0 Å². The lowest BCUT2D eigenvalue weighted by Gasteiger charge is -2.65. The molecule has 0 saturated heterocycles. The van der Waals surface area contributed by atoms with Crippen molar-refractivity contribution in [1.82, 2.24) is 10.2 Å². The quantitative estimate of drug-likeness (QED) is 0.369. The topological polar surface area (TPSA) is 71.0 Å². The first kappa shape index (κ1) is 25.9. The van der Waals surface area contributed by atoms with Crippen molar-refractivity contribution in [2.45, 2.75) is 114 Å². The molecule has 4 fully saturated rings. The van der Waals surface area contributed by atoms with Crippen LogP contribution in [0, 0.1) is 16.7 Å². The van der Waals surface area contributed by atoms with Gasteiger partial charge in [-0.05, 0) is 92.7 Å². The predicted molar refractivity (Wildman–Crippen MR) is 151 cm³/mol. The van der Waals surface area contributed by atoms with Gasteiger partial charge in [-0.25, -0.2) is 0 Å². The van der Waals surface area contributed by atoms with Gasteiger partial charge in [0.2, 0.25) is 5.91 Å². The first-order chi connectivity index (χ1) is 18.6. The number of nitrogens with one attached hydrogen (secondary N) is 1. The predicted octanol–water partition coefficient (Wildman–Crippen LogP) is 5.26. The highest BCUT2D eigenvalue weighted by Gasteiger charge is 2.60. The molecule has 8 rings (SSSR count). The molecule has 2 unspecified atom stereocenters. The van der Waals surface area contributed by atoms with Gasteiger partial charge in [0.15, 0.2) is 11.5 Å². The standard InChI is InChI=1S/C33H46N2O4/c1-30-15-22-16-31(2,19-30)21-32(17-22,20-30)34-12-5-4-6-27(37)35-13-11-33-10-9-24(36)14-26(33)39-29-25(38-3)8-7-23(18-35)28(29)33/h7-10,22,24,26,34,36H,4-6,11-21H2,1-3H3/t22?,24-,26-,30-,31+,32?,33-/m0/s1. The third kappa shape index (κ3) is 4.23. The molecule has 1 aromatic rings. The number of hydrogen-bond acceptors (Lipinski definition) is 5. The Hall–Kier alpha value is -2.05. The van der Waals surface area contributed by atoms with Gasteiger partial charge in [0.25, 0.3) is 0 Å². The van der Waals surface area contributed by atoms with Crippen LogP contribution in [0.15, 0.2) is 24.3 Å². The van der Waals surface area contributed by atoms with Crippen LogP contribution in [-0.2, 0) is 16.8 Å². The highest BCUT2D eigenvalue weighted by Crippen LogP contribution is 2.66. The number of carbonyl (C=O) groups is 1. The zero-order valence-electron chi connectivity index (χ0n) is 24.1. The SMILES string of the molecule is COc1ccc2c3c1O[C@H]1C[C@@H](O)C=C[C@@]31CCN(C(=O)CCCCNC13CC4C[C@@](C)(C1)C[C@](C)(C4)C3)C2. The molecule has 2 heterocycles. The summed E-state index contributed by atoms with van der Waals surface area (Å²) >= 11 is 0. The number of rotatable bonds is 7. The summed E-state index contributed by atoms with van der Waals surface area (Å²) in [6.45, 7) is 7.40. The van der Waals surface area contributed by atoms with Gasteiger partial charge in [0, 0.05) is 37.0 Å². The van der Waals surface area contributed by atoms with E-state index in [1.165, 1.54) is 38.5 Å². The first-order valence-electron chi connectivity index (χ1n) is 15.4. The molecule has 1 amide bonds. The molecule has 39 heavy (non-hydrogen) atoms. The molecule has 6 nitrogen and oxygen atoms in total. The Labute approximate surface area is 233 Å². The lowest BCUT2D eigenvalue weighted by Crippen LogP contribution is -2.64. The van der Waals surface area contributed by atoms with Gasteiger partial charge in [-0.1, -0.05) is 32.1 Å². The van der Waals surface area contributed by atoms with E-state index in [1.54, 1.807) is 7.11 Å². The second-order valence-electron chi connectivity index (χ2n) is 14.8. The zero-order chi connectivity index (χ0) is 27.0. The molecule has 0 aromatic heterocycles. The smallest absolute Gasteiger partial charge is 0.222 e. The highest BCUT2D eigenvalue weighted by atomic mass is 16.5. The molecule has 4 saturated carbocycles. The Balaban J connectivity index is 0.985. The molecule has 7 atom stereocenters. The van der Waals surface area contributed by atoms with E-state index in [2.05, 4.69) is 36.2 Å². The van der Waals surface area contributed by atoms with Gasteiger partial charge in [0.1, 0.15) is 6.10 Å². The normalized spacial score (nSPS) is 41.1. The summed E-state index contributed by atoms with van der Waals surface area (Å²) in [5.41, 5.74) is 3.39. The third-order valence-electron chi connectivity index (χ3n) is 11.3. The lowest BCUT2D eigenvalue weighted by molar-refractivity contribution is -0.132. The van der Waals surface area contributed by atoms with Gasteiger partial charge in [0.05, 0.1) is 18.6 Å². The number of unbranched alkanes of at least 4 members (excludes halogenated alkanes) is 1. The molecule has 4 bridgehead atoms. The third-order valence-corrected chi connectivity index (χ3v) is 11.3. The molecule has 212 valence electrons. The van der Waals surface area contributed by atoms with E-state index >= 15 is 0 Å². The van der Waals surface area contributed by atoms with Crippen LogP contribution in [0.25, 0.3) is 0 Å². The molecule has 6 heteroatoms. The monoisotopic (exact) mass is 534 g/mol. The van der Waals surface area contributed by atoms with Crippen molar-refractivity contribution in [3.05, 3.63) is 35.4 Å². The lowest BCUT2D eigenvalue weighted by atomic mass is 9.43. The Morgan fingerprint density at radius 2 is 1.95 bits per heavy atom. The fourth-order valence-corrected chi connectivity index (χ4v) is 10.7. The number of aliphatic hydroxyl groups is 1. The van der Waals surface area contributed by atoms with E-state index in [-0.39, 0.29) is 17.4 Å². The number of carbonyl (C=O) groups excluding carboxylic acids is 1. The summed E-state index contributed by atoms with van der Waals surface area (Å²) in [5, 5.41) is 14.4. The van der Waals surface area contributed by atoms with Crippen molar-refractivity contribution in [3.8, 4) is 11.5 Å². The van der Waals surface area contributed by atoms with Crippen LogP contribution < -0.4 is 14.8 Å². The zero-order valence-corrected chi connectivity index (χ0v) is 24.1. The maximum atomic E-state index is 13.5. The number of aliphatic hydroxyl groups excluding tert-OH is 1. The summed E-state index contributed by atoms with van der Waals surface area (Å²) in [4.78, 5) is 15.5. The average Bonchev–Trinajstić information content (AvgIpc) is 3.08. The van der Waals surface area contributed by atoms with E-state index in [9.17, 15) is 9.90 Å². The minimum absolute atomic E-state index is 0.127. The molecule has 1 spiro atoms. The highest BCUT2D eigenvalue weighted by molar-refractivity contribution is 5.76. The molecular formula is C33H46N2O4. The van der Waals surface area contributed by atoms with Crippen molar-refractivity contribution in [2.24, 2.45) is 16.7 Å². The first-order valence-corrected chi connectivity index (χ1v) is 15.4. The van der Waals surface area contributed by atoms with Crippen molar-refractivity contribution >= 4 is 5.91 Å². The number of nitrogens with zero attached hydrogens (tertiary/aromatic N) is 1. The average molecular weight is 535 g/mol. The van der Waals surface area contributed by atoms with E-state index in [0.717, 1.165) is 54.4 Å². The molecule has 5 aliphatic carbocycles. The number of amides is 1. The van der Waals surface area contributed by atoms with E-state index in [0.29, 0.717) is 42.3 Å². The molecule has 2 aliphatic heterocycles. The Bertz CT molecular complexity index is 1180. The fraction of sp³-hybridized carbons (Fsp3) is 0.727. The van der Waals surface area contributed by atoms with Crippen LogP contribution in [0.5, 0.6) is 11.5 Å². The Morgan fingerprint density at radius 1 is 1.15 bits per heavy atom. The minimum atomic E-state index is -0.497. The maximum absolute atomic E-state index is 13.5. The van der Waals surface area contributed by atoms with Crippen LogP contribution in [0.2, 0.25) is 0 Å². The Kier molecular flexibility index (Phi) is 5.96. The summed E-state index contributed by atoms with van der Waals surface area (Å²) in [7, 11) is 1.67. The number of ether oxygens (including phenoxy) is 2. The second kappa shape index (κ2) is 8.97. The van der Waals surface area contributed by atoms with Crippen LogP contribution in [0.4, 0.5) is 0 Å². The van der Waals surface area contributed by atoms with E-state index in [4.69, 9.17) is 9.47 Å². The van der Waals surface area contributed by atoms with Crippen molar-refractivity contribution in [1.29, 1.82) is 0 Å². The minimum Gasteiger partial charge on any atom is -0.493 e. The molecule has 1 aromatic carbocycles. The Morgan fingerprint density at radius 3 is 2.69 bits per heavy atom. The summed E-state index contributed by atoms with van der Waals surface area (Å²) in [6.07, 6.45) is 15.7. The molecular weight excluding hydrogens is 488 g/mol. The van der Waals surface area contributed by atoms with E-state index < -0.39 is 6.10 Å².